The molecule has 1 aromatic carbocycles. The number of hydrogen-bond acceptors (Lipinski definition) is 5. The minimum Gasteiger partial charge on any atom is -0.491 e. The van der Waals surface area contributed by atoms with Crippen molar-refractivity contribution in [2.24, 2.45) is 0 Å². The molecule has 1 atom stereocenters. The van der Waals surface area contributed by atoms with E-state index < -0.39 is 6.10 Å². The van der Waals surface area contributed by atoms with Crippen molar-refractivity contribution in [3.05, 3.63) is 46.2 Å². The van der Waals surface area contributed by atoms with Crippen molar-refractivity contribution in [1.29, 1.82) is 0 Å². The third-order valence-corrected chi connectivity index (χ3v) is 3.52. The number of hydrogen-bond donors (Lipinski definition) is 2. The summed E-state index contributed by atoms with van der Waals surface area (Å²) in [7, 11) is 0. The first kappa shape index (κ1) is 14.9. The Bertz CT molecular complexity index is 530. The number of rotatable bonds is 7. The van der Waals surface area contributed by atoms with Crippen LogP contribution in [0.5, 0.6) is 5.75 Å². The lowest BCUT2D eigenvalue weighted by atomic mass is 10.3. The van der Waals surface area contributed by atoms with E-state index in [1.165, 1.54) is 24.3 Å². The van der Waals surface area contributed by atoms with Crippen molar-refractivity contribution in [2.75, 3.05) is 13.2 Å². The van der Waals surface area contributed by atoms with Gasteiger partial charge in [0, 0.05) is 24.2 Å². The van der Waals surface area contributed by atoms with Crippen LogP contribution in [-0.4, -0.2) is 29.3 Å². The minimum atomic E-state index is -0.617. The largest absolute Gasteiger partial charge is 0.491 e. The number of ether oxygens (including phenoxy) is 1. The lowest BCUT2D eigenvalue weighted by Gasteiger charge is -2.12. The van der Waals surface area contributed by atoms with Crippen molar-refractivity contribution in [1.82, 2.24) is 10.3 Å². The lowest BCUT2D eigenvalue weighted by molar-refractivity contribution is 0.106. The van der Waals surface area contributed by atoms with Crippen molar-refractivity contribution in [3.8, 4) is 5.75 Å². The molecule has 0 aliphatic rings. The zero-order valence-corrected chi connectivity index (χ0v) is 12.0. The Morgan fingerprint density at radius 2 is 2.15 bits per heavy atom. The molecule has 4 nitrogen and oxygen atoms in total. The van der Waals surface area contributed by atoms with Gasteiger partial charge in [-0.25, -0.2) is 9.37 Å². The molecule has 0 saturated heterocycles. The predicted octanol–water partition coefficient (Wildman–Crippen LogP) is 2.12. The molecule has 0 radical (unpaired) electrons. The highest BCUT2D eigenvalue weighted by Crippen LogP contribution is 2.12. The fraction of sp³-hybridized carbons (Fsp3) is 0.357. The highest BCUT2D eigenvalue weighted by Gasteiger charge is 2.06. The predicted molar refractivity (Wildman–Crippen MR) is 76.5 cm³/mol. The van der Waals surface area contributed by atoms with Crippen LogP contribution in [0, 0.1) is 12.7 Å². The van der Waals surface area contributed by atoms with Gasteiger partial charge in [0.05, 0.1) is 5.01 Å². The molecule has 0 aliphatic carbocycles. The summed E-state index contributed by atoms with van der Waals surface area (Å²) in [6, 6.07) is 5.73. The second-order valence-electron chi connectivity index (χ2n) is 4.40. The van der Waals surface area contributed by atoms with Crippen molar-refractivity contribution >= 4 is 11.3 Å². The van der Waals surface area contributed by atoms with Gasteiger partial charge < -0.3 is 15.2 Å². The van der Waals surface area contributed by atoms with E-state index in [0.717, 1.165) is 9.88 Å². The maximum absolute atomic E-state index is 12.7. The Balaban J connectivity index is 1.65. The monoisotopic (exact) mass is 296 g/mol. The van der Waals surface area contributed by atoms with Crippen LogP contribution in [0.4, 0.5) is 4.39 Å². The second kappa shape index (κ2) is 7.33. The van der Waals surface area contributed by atoms with Gasteiger partial charge in [0.15, 0.2) is 0 Å². The molecule has 2 N–H and O–H groups in total. The van der Waals surface area contributed by atoms with Gasteiger partial charge in [0.25, 0.3) is 0 Å². The molecular weight excluding hydrogens is 279 g/mol. The number of thiazole rings is 1. The summed E-state index contributed by atoms with van der Waals surface area (Å²) in [6.07, 6.45) is 1.21. The van der Waals surface area contributed by atoms with E-state index in [9.17, 15) is 9.50 Å². The first-order chi connectivity index (χ1) is 9.63. The quantitative estimate of drug-likeness (QED) is 0.822. The molecule has 20 heavy (non-hydrogen) atoms. The van der Waals surface area contributed by atoms with Crippen LogP contribution in [0.1, 0.15) is 9.88 Å². The molecule has 0 bridgehead atoms. The van der Waals surface area contributed by atoms with Crippen LogP contribution >= 0.6 is 11.3 Å². The zero-order chi connectivity index (χ0) is 14.4. The Morgan fingerprint density at radius 1 is 1.40 bits per heavy atom. The van der Waals surface area contributed by atoms with E-state index in [0.29, 0.717) is 18.8 Å². The topological polar surface area (TPSA) is 54.4 Å². The fourth-order valence-electron chi connectivity index (χ4n) is 1.63. The van der Waals surface area contributed by atoms with Crippen LogP contribution in [0.15, 0.2) is 30.5 Å². The first-order valence-corrected chi connectivity index (χ1v) is 7.13. The summed E-state index contributed by atoms with van der Waals surface area (Å²) < 4.78 is 18.1. The van der Waals surface area contributed by atoms with E-state index in [1.54, 1.807) is 11.3 Å². The number of aliphatic hydroxyl groups is 1. The molecule has 0 aliphatic heterocycles. The van der Waals surface area contributed by atoms with E-state index in [4.69, 9.17) is 4.74 Å². The molecule has 0 saturated carbocycles. The van der Waals surface area contributed by atoms with E-state index >= 15 is 0 Å². The smallest absolute Gasteiger partial charge is 0.123 e. The lowest BCUT2D eigenvalue weighted by Crippen LogP contribution is -2.30. The van der Waals surface area contributed by atoms with Crippen molar-refractivity contribution in [3.63, 3.8) is 0 Å². The normalized spacial score (nSPS) is 12.3. The number of nitrogens with one attached hydrogen (secondary N) is 1. The van der Waals surface area contributed by atoms with E-state index in [1.807, 2.05) is 13.1 Å². The summed E-state index contributed by atoms with van der Waals surface area (Å²) >= 11 is 1.63. The summed E-state index contributed by atoms with van der Waals surface area (Å²) in [5.74, 6) is 0.239. The van der Waals surface area contributed by atoms with Gasteiger partial charge in [0.2, 0.25) is 0 Å². The van der Waals surface area contributed by atoms with Gasteiger partial charge >= 0.3 is 0 Å². The van der Waals surface area contributed by atoms with Gasteiger partial charge in [0.1, 0.15) is 24.3 Å². The average Bonchev–Trinajstić information content (AvgIpc) is 2.84. The summed E-state index contributed by atoms with van der Waals surface area (Å²) in [4.78, 5) is 5.29. The molecule has 1 heterocycles. The maximum atomic E-state index is 12.7. The molecule has 108 valence electrons. The van der Waals surface area contributed by atoms with Crippen LogP contribution in [0.25, 0.3) is 0 Å². The van der Waals surface area contributed by atoms with Gasteiger partial charge in [-0.2, -0.15) is 0 Å². The number of nitrogens with zero attached hydrogens (tertiary/aromatic N) is 1. The average molecular weight is 296 g/mol. The summed E-state index contributed by atoms with van der Waals surface area (Å²) in [6.45, 7) is 3.23. The Hall–Kier alpha value is -1.50. The SMILES string of the molecule is Cc1ncc(CNCC(O)COc2ccc(F)cc2)s1. The van der Waals surface area contributed by atoms with E-state index in [-0.39, 0.29) is 12.4 Å². The number of benzene rings is 1. The third-order valence-electron chi connectivity index (χ3n) is 2.60. The molecule has 2 aromatic rings. The molecule has 1 aromatic heterocycles. The first-order valence-electron chi connectivity index (χ1n) is 6.32. The van der Waals surface area contributed by atoms with Gasteiger partial charge in [-0.15, -0.1) is 11.3 Å². The highest BCUT2D eigenvalue weighted by molar-refractivity contribution is 7.11. The van der Waals surface area contributed by atoms with Gasteiger partial charge in [-0.3, -0.25) is 0 Å². The maximum Gasteiger partial charge on any atom is 0.123 e. The Morgan fingerprint density at radius 3 is 2.80 bits per heavy atom. The molecule has 1 unspecified atom stereocenters. The molecule has 2 rings (SSSR count). The van der Waals surface area contributed by atoms with Crippen LogP contribution < -0.4 is 10.1 Å². The fourth-order valence-corrected chi connectivity index (χ4v) is 2.40. The second-order valence-corrected chi connectivity index (χ2v) is 5.71. The van der Waals surface area contributed by atoms with Crippen LogP contribution in [-0.2, 0) is 6.54 Å². The number of halogens is 1. The molecular formula is C14H17FN2O2S. The molecule has 0 amide bonds. The summed E-state index contributed by atoms with van der Waals surface area (Å²) in [5, 5.41) is 13.9. The Labute approximate surface area is 121 Å². The minimum absolute atomic E-state index is 0.167. The standard InChI is InChI=1S/C14H17FN2O2S/c1-10-17-8-14(20-10)7-16-6-12(18)9-19-13-4-2-11(15)3-5-13/h2-5,8,12,16,18H,6-7,9H2,1H3. The molecule has 0 spiro atoms. The zero-order valence-electron chi connectivity index (χ0n) is 11.2. The van der Waals surface area contributed by atoms with Crippen molar-refractivity contribution in [2.45, 2.75) is 19.6 Å². The molecule has 6 heteroatoms. The number of aromatic nitrogens is 1. The van der Waals surface area contributed by atoms with Crippen molar-refractivity contribution < 1.29 is 14.2 Å². The molecule has 0 fully saturated rings. The van der Waals surface area contributed by atoms with Gasteiger partial charge in [-0.05, 0) is 31.2 Å². The Kier molecular flexibility index (Phi) is 5.46. The highest BCUT2D eigenvalue weighted by atomic mass is 32.1. The number of aliphatic hydroxyl groups excluding tert-OH is 1. The van der Waals surface area contributed by atoms with Crippen LogP contribution in [0.2, 0.25) is 0 Å². The van der Waals surface area contributed by atoms with Gasteiger partial charge in [-0.1, -0.05) is 0 Å². The van der Waals surface area contributed by atoms with E-state index in [2.05, 4.69) is 10.3 Å². The van der Waals surface area contributed by atoms with Crippen LogP contribution in [0.3, 0.4) is 0 Å². The number of aryl methyl sites for hydroxylation is 1. The summed E-state index contributed by atoms with van der Waals surface area (Å²) in [5.41, 5.74) is 0. The third kappa shape index (κ3) is 4.88.